The topological polar surface area (TPSA) is 50.9 Å². The van der Waals surface area contributed by atoms with E-state index in [9.17, 15) is 0 Å². The summed E-state index contributed by atoms with van der Waals surface area (Å²) in [5, 5.41) is 3.42. The van der Waals surface area contributed by atoms with E-state index in [0.717, 1.165) is 21.3 Å². The second-order valence-corrected chi connectivity index (χ2v) is 5.51. The van der Waals surface area contributed by atoms with Gasteiger partial charge in [0.2, 0.25) is 0 Å². The highest BCUT2D eigenvalue weighted by atomic mass is 79.9. The number of anilines is 1. The Morgan fingerprint density at radius 3 is 2.79 bits per heavy atom. The fourth-order valence-electron chi connectivity index (χ4n) is 1.73. The Hall–Kier alpha value is -1.46. The van der Waals surface area contributed by atoms with Crippen molar-refractivity contribution >= 4 is 38.8 Å². The van der Waals surface area contributed by atoms with E-state index in [1.54, 1.807) is 6.20 Å². The number of nitrogens with one attached hydrogen (secondary N) is 1. The first-order chi connectivity index (χ1) is 9.08. The average Bonchev–Trinajstić information content (AvgIpc) is 2.41. The van der Waals surface area contributed by atoms with Gasteiger partial charge in [-0.1, -0.05) is 18.3 Å². The molecule has 0 spiro atoms. The molecule has 19 heavy (non-hydrogen) atoms. The van der Waals surface area contributed by atoms with Crippen molar-refractivity contribution in [2.24, 2.45) is 5.73 Å². The molecule has 0 saturated heterocycles. The van der Waals surface area contributed by atoms with Gasteiger partial charge in [0.05, 0.1) is 6.04 Å². The lowest BCUT2D eigenvalue weighted by Gasteiger charge is -2.17. The van der Waals surface area contributed by atoms with E-state index in [1.165, 1.54) is 0 Å². The van der Waals surface area contributed by atoms with E-state index in [4.69, 9.17) is 18.0 Å². The summed E-state index contributed by atoms with van der Waals surface area (Å²) in [6.45, 7) is 2.09. The quantitative estimate of drug-likeness (QED) is 0.837. The molecule has 0 saturated carbocycles. The Morgan fingerprint density at radius 2 is 2.21 bits per heavy atom. The lowest BCUT2D eigenvalue weighted by atomic mass is 10.1. The van der Waals surface area contributed by atoms with Gasteiger partial charge in [-0.05, 0) is 52.7 Å². The Labute approximate surface area is 126 Å². The van der Waals surface area contributed by atoms with Gasteiger partial charge < -0.3 is 11.1 Å². The minimum Gasteiger partial charge on any atom is -0.389 e. The lowest BCUT2D eigenvalue weighted by molar-refractivity contribution is 0.874. The molecule has 1 unspecified atom stereocenters. The molecule has 0 fully saturated rings. The molecule has 3 nitrogen and oxygen atoms in total. The van der Waals surface area contributed by atoms with Crippen LogP contribution >= 0.6 is 28.1 Å². The maximum atomic E-state index is 5.61. The van der Waals surface area contributed by atoms with Gasteiger partial charge >= 0.3 is 0 Å². The largest absolute Gasteiger partial charge is 0.389 e. The van der Waals surface area contributed by atoms with Crippen LogP contribution in [-0.2, 0) is 0 Å². The molecule has 0 aliphatic rings. The number of thiocarbonyl (C=S) groups is 1. The maximum absolute atomic E-state index is 5.61. The number of aromatic nitrogens is 1. The molecule has 0 radical (unpaired) electrons. The zero-order chi connectivity index (χ0) is 13.8. The summed E-state index contributed by atoms with van der Waals surface area (Å²) in [7, 11) is 0. The first-order valence-electron chi connectivity index (χ1n) is 5.83. The molecule has 1 aromatic heterocycles. The van der Waals surface area contributed by atoms with Gasteiger partial charge in [-0.2, -0.15) is 0 Å². The van der Waals surface area contributed by atoms with E-state index in [-0.39, 0.29) is 6.04 Å². The van der Waals surface area contributed by atoms with Crippen molar-refractivity contribution in [3.05, 3.63) is 58.3 Å². The number of halogens is 1. The van der Waals surface area contributed by atoms with E-state index in [0.29, 0.717) is 4.99 Å². The monoisotopic (exact) mass is 335 g/mol. The third-order valence-electron chi connectivity index (χ3n) is 2.81. The molecule has 98 valence electrons. The molecule has 3 N–H and O–H groups in total. The zero-order valence-electron chi connectivity index (χ0n) is 10.4. The van der Waals surface area contributed by atoms with Gasteiger partial charge in [-0.3, -0.25) is 4.98 Å². The normalized spacial score (nSPS) is 11.9. The number of nitrogens with two attached hydrogens (primary N) is 1. The highest BCUT2D eigenvalue weighted by Gasteiger charge is 2.08. The molecule has 0 aliphatic carbocycles. The van der Waals surface area contributed by atoms with Gasteiger partial charge in [0, 0.05) is 28.1 Å². The number of hydrogen-bond donors (Lipinski definition) is 2. The van der Waals surface area contributed by atoms with Crippen LogP contribution in [0.4, 0.5) is 5.69 Å². The van der Waals surface area contributed by atoms with Crippen LogP contribution in [0.5, 0.6) is 0 Å². The highest BCUT2D eigenvalue weighted by molar-refractivity contribution is 9.10. The second-order valence-electron chi connectivity index (χ2n) is 4.21. The van der Waals surface area contributed by atoms with Crippen LogP contribution in [0, 0.1) is 0 Å². The van der Waals surface area contributed by atoms with Crippen molar-refractivity contribution in [1.82, 2.24) is 4.98 Å². The minimum atomic E-state index is 0.167. The van der Waals surface area contributed by atoms with E-state index < -0.39 is 0 Å². The van der Waals surface area contributed by atoms with Crippen LogP contribution in [0.25, 0.3) is 0 Å². The molecule has 2 rings (SSSR count). The molecule has 2 aromatic rings. The van der Waals surface area contributed by atoms with Crippen LogP contribution in [0.2, 0.25) is 0 Å². The van der Waals surface area contributed by atoms with Crippen molar-refractivity contribution in [3.8, 4) is 0 Å². The molecule has 0 amide bonds. The number of hydrogen-bond acceptors (Lipinski definition) is 3. The summed E-state index contributed by atoms with van der Waals surface area (Å²) in [6.07, 6.45) is 3.62. The van der Waals surface area contributed by atoms with E-state index in [1.807, 2.05) is 36.5 Å². The van der Waals surface area contributed by atoms with E-state index >= 15 is 0 Å². The van der Waals surface area contributed by atoms with Crippen molar-refractivity contribution in [2.75, 3.05) is 5.32 Å². The number of pyridine rings is 1. The average molecular weight is 336 g/mol. The Kier molecular flexibility index (Phi) is 4.50. The summed E-state index contributed by atoms with van der Waals surface area (Å²) in [4.78, 5) is 4.52. The first kappa shape index (κ1) is 14.0. The predicted octanol–water partition coefficient (Wildman–Crippen LogP) is 3.65. The van der Waals surface area contributed by atoms with Gasteiger partial charge in [-0.15, -0.1) is 0 Å². The molecular formula is C14H14BrN3S. The van der Waals surface area contributed by atoms with Gasteiger partial charge in [0.15, 0.2) is 0 Å². The van der Waals surface area contributed by atoms with Gasteiger partial charge in [-0.25, -0.2) is 0 Å². The molecule has 0 aliphatic heterocycles. The summed E-state index contributed by atoms with van der Waals surface area (Å²) >= 11 is 8.48. The molecule has 1 heterocycles. The van der Waals surface area contributed by atoms with Crippen LogP contribution < -0.4 is 11.1 Å². The van der Waals surface area contributed by atoms with Crippen molar-refractivity contribution in [1.29, 1.82) is 0 Å². The van der Waals surface area contributed by atoms with Gasteiger partial charge in [0.1, 0.15) is 4.99 Å². The Balaban J connectivity index is 2.18. The lowest BCUT2D eigenvalue weighted by Crippen LogP contribution is -2.11. The smallest absolute Gasteiger partial charge is 0.104 e. The van der Waals surface area contributed by atoms with Crippen molar-refractivity contribution < 1.29 is 0 Å². The molecule has 0 bridgehead atoms. The van der Waals surface area contributed by atoms with Crippen molar-refractivity contribution in [3.63, 3.8) is 0 Å². The first-order valence-corrected chi connectivity index (χ1v) is 7.04. The van der Waals surface area contributed by atoms with Crippen LogP contribution in [0.3, 0.4) is 0 Å². The third kappa shape index (κ3) is 3.52. The number of nitrogens with zero attached hydrogens (tertiary/aromatic N) is 1. The van der Waals surface area contributed by atoms with Crippen LogP contribution in [0.15, 0.2) is 47.2 Å². The summed E-state index contributed by atoms with van der Waals surface area (Å²) < 4.78 is 0.938. The SMILES string of the molecule is CC(Nc1ccc(C(N)=S)cc1Br)c1cccnc1. The maximum Gasteiger partial charge on any atom is 0.104 e. The predicted molar refractivity (Wildman–Crippen MR) is 86.3 cm³/mol. The standard InChI is InChI=1S/C14H14BrN3S/c1-9(11-3-2-6-17-8-11)18-13-5-4-10(14(16)19)7-12(13)15/h2-9,18H,1H3,(H2,16,19). The molecular weight excluding hydrogens is 322 g/mol. The minimum absolute atomic E-state index is 0.167. The highest BCUT2D eigenvalue weighted by Crippen LogP contribution is 2.27. The summed E-state index contributed by atoms with van der Waals surface area (Å²) in [5.74, 6) is 0. The number of benzene rings is 1. The Morgan fingerprint density at radius 1 is 1.42 bits per heavy atom. The van der Waals surface area contributed by atoms with Crippen LogP contribution in [0.1, 0.15) is 24.1 Å². The Bertz CT molecular complexity index is 586. The molecule has 5 heteroatoms. The van der Waals surface area contributed by atoms with Crippen molar-refractivity contribution in [2.45, 2.75) is 13.0 Å². The third-order valence-corrected chi connectivity index (χ3v) is 3.70. The summed E-state index contributed by atoms with van der Waals surface area (Å²) in [6, 6.07) is 9.93. The van der Waals surface area contributed by atoms with E-state index in [2.05, 4.69) is 33.2 Å². The second kappa shape index (κ2) is 6.12. The summed E-state index contributed by atoms with van der Waals surface area (Å²) in [5.41, 5.74) is 8.58. The fraction of sp³-hybridized carbons (Fsp3) is 0.143. The fourth-order valence-corrected chi connectivity index (χ4v) is 2.35. The molecule has 1 atom stereocenters. The zero-order valence-corrected chi connectivity index (χ0v) is 12.8. The van der Waals surface area contributed by atoms with Crippen LogP contribution in [-0.4, -0.2) is 9.97 Å². The molecule has 1 aromatic carbocycles. The van der Waals surface area contributed by atoms with Gasteiger partial charge in [0.25, 0.3) is 0 Å². The number of rotatable bonds is 4.